The average Bonchev–Trinajstić information content (AvgIpc) is 0.760. The zero-order chi connectivity index (χ0) is 71.5. The Labute approximate surface area is 597 Å². The normalized spacial score (nSPS) is 32.5. The number of nitrogens with zero attached hydrogens (tertiary/aromatic N) is 1. The molecule has 2 bridgehead atoms. The molecule has 11 N–H and O–H groups in total. The van der Waals surface area contributed by atoms with Gasteiger partial charge in [-0.25, -0.2) is 4.79 Å². The molecule has 4 fully saturated rings. The molecule has 1 aromatic rings. The van der Waals surface area contributed by atoms with E-state index < -0.39 is 134 Å². The van der Waals surface area contributed by atoms with Crippen LogP contribution in [0.2, 0.25) is 0 Å². The second kappa shape index (κ2) is 39.2. The Morgan fingerprint density at radius 1 is 0.888 bits per heavy atom. The Balaban J connectivity index is 1.14. The van der Waals surface area contributed by atoms with E-state index in [9.17, 15) is 45.0 Å². The van der Waals surface area contributed by atoms with Crippen LogP contribution in [0.5, 0.6) is 17.2 Å². The molecule has 98 heavy (non-hydrogen) atoms. The van der Waals surface area contributed by atoms with Crippen molar-refractivity contribution in [3.05, 3.63) is 49.8 Å². The second-order valence-electron chi connectivity index (χ2n) is 23.9. The molecule has 0 saturated carbocycles. The molecule has 0 unspecified atom stereocenters. The highest BCUT2D eigenvalue weighted by Crippen LogP contribution is 2.48. The van der Waals surface area contributed by atoms with E-state index in [1.165, 1.54) is 51.4 Å². The van der Waals surface area contributed by atoms with Crippen molar-refractivity contribution in [1.29, 1.82) is 0 Å². The molecule has 4 heterocycles. The summed E-state index contributed by atoms with van der Waals surface area (Å²) in [5.74, 6) is 11.2. The topological polar surface area (TPSA) is 376 Å². The van der Waals surface area contributed by atoms with Gasteiger partial charge in [0.05, 0.1) is 130 Å². The summed E-state index contributed by atoms with van der Waals surface area (Å²) in [5.41, 5.74) is 6.85. The fraction of sp³-hybridized carbons (Fsp3) is 0.692. The number of thiol groups is 1. The fourth-order valence-electron chi connectivity index (χ4n) is 11.9. The monoisotopic (exact) mass is 1550 g/mol. The van der Waals surface area contributed by atoms with Gasteiger partial charge in [0.25, 0.3) is 0 Å². The van der Waals surface area contributed by atoms with E-state index in [-0.39, 0.29) is 106 Å². The van der Waals surface area contributed by atoms with Crippen LogP contribution in [-0.4, -0.2) is 279 Å². The Morgan fingerprint density at radius 2 is 1.60 bits per heavy atom. The van der Waals surface area contributed by atoms with Crippen LogP contribution in [0.4, 0.5) is 4.79 Å². The number of ketones is 1. The number of hydrogen-bond acceptors (Lipinski definition) is 28. The molecule has 1 aromatic carbocycles. The highest BCUT2D eigenvalue weighted by atomic mass is 127. The number of alkyl carbamates (subject to hydrolysis) is 1. The van der Waals surface area contributed by atoms with Crippen LogP contribution in [0.25, 0.3) is 0 Å². The van der Waals surface area contributed by atoms with Crippen molar-refractivity contribution in [3.8, 4) is 40.9 Å². The van der Waals surface area contributed by atoms with Gasteiger partial charge in [-0.05, 0) is 74.5 Å². The summed E-state index contributed by atoms with van der Waals surface area (Å²) in [4.78, 5) is 48.8. The van der Waals surface area contributed by atoms with Gasteiger partial charge in [0.1, 0.15) is 41.7 Å². The number of carbonyl (C=O) groups is 3. The number of Topliss-reactive ketones (excluding diaryl/α,β-unsaturated/α-hetero) is 1. The van der Waals surface area contributed by atoms with E-state index in [1.807, 2.05) is 48.3 Å². The van der Waals surface area contributed by atoms with Crippen LogP contribution in [0.1, 0.15) is 71.9 Å². The molecular weight excluding hydrogens is 1460 g/mol. The Hall–Kier alpha value is -3.78. The SMILES string of the molecule is CCN(CC(=O)NCCOCCOCCN)[C@H]1CO[C@@H](O[C@H]2[C@H](O[C@H]3C#CC=CC#C[C@]4(O)CC(=O)C(NC(=O)OC)=C3/C4=C\CSSC(C)C)O[C@H](C)[C@@H](NO[C@H]3C[C@H](O)[C@H]([SH]=C(O)c4c(C)c(I)c(O[C@@H]5O[C@@H](C)[C@H](O)[C@@H](OC)[C@H]5O)c(OC)c4OC)[C@@H](C)O3)[C@@H]2O)C[C@@H]1OC. The predicted octanol–water partition coefficient (Wildman–Crippen LogP) is 1.78. The van der Waals surface area contributed by atoms with E-state index in [0.29, 0.717) is 47.8 Å². The minimum absolute atomic E-state index is 0.00676. The molecule has 4 aliphatic heterocycles. The number of benzene rings is 1. The van der Waals surface area contributed by atoms with Crippen LogP contribution in [0.3, 0.4) is 0 Å². The van der Waals surface area contributed by atoms with E-state index in [1.54, 1.807) is 44.6 Å². The van der Waals surface area contributed by atoms with Crippen molar-refractivity contribution >= 4 is 78.4 Å². The Kier molecular flexibility index (Phi) is 32.6. The minimum Gasteiger partial charge on any atom is -0.492 e. The van der Waals surface area contributed by atoms with Crippen molar-refractivity contribution in [1.82, 2.24) is 21.0 Å². The van der Waals surface area contributed by atoms with Crippen molar-refractivity contribution in [2.45, 2.75) is 188 Å². The maximum absolute atomic E-state index is 14.3. The number of fused-ring (bicyclic) bond motifs is 2. The average molecular weight is 1550 g/mol. The number of aliphatic hydroxyl groups excluding tert-OH is 5. The lowest BCUT2D eigenvalue weighted by atomic mass is 9.75. The highest BCUT2D eigenvalue weighted by Gasteiger charge is 2.52. The molecule has 6 aliphatic rings. The summed E-state index contributed by atoms with van der Waals surface area (Å²) in [7, 11) is 9.86. The first kappa shape index (κ1) is 81.5. The number of amides is 2. The molecule has 550 valence electrons. The first-order valence-electron chi connectivity index (χ1n) is 32.2. The van der Waals surface area contributed by atoms with Gasteiger partial charge in [-0.2, -0.15) is 16.8 Å². The first-order chi connectivity index (χ1) is 46.9. The molecule has 2 aliphatic carbocycles. The van der Waals surface area contributed by atoms with Gasteiger partial charge in [0, 0.05) is 62.3 Å². The van der Waals surface area contributed by atoms with Crippen molar-refractivity contribution in [2.75, 3.05) is 101 Å². The van der Waals surface area contributed by atoms with Gasteiger partial charge in [0.15, 0.2) is 41.8 Å². The zero-order valence-corrected chi connectivity index (χ0v) is 61.8. The number of hydroxylamine groups is 1. The molecule has 0 spiro atoms. The maximum atomic E-state index is 14.3. The number of hydrogen-bond donors (Lipinski definition) is 11. The predicted molar refractivity (Wildman–Crippen MR) is 372 cm³/mol. The molecule has 4 saturated heterocycles. The lowest BCUT2D eigenvalue weighted by Crippen LogP contribution is -2.65. The van der Waals surface area contributed by atoms with Gasteiger partial charge >= 0.3 is 6.09 Å². The number of ether oxygens (including phenoxy) is 14. The Morgan fingerprint density at radius 3 is 2.27 bits per heavy atom. The molecule has 33 heteroatoms. The Bertz CT molecular complexity index is 3100. The third kappa shape index (κ3) is 20.8. The maximum Gasteiger partial charge on any atom is 0.411 e. The third-order valence-electron chi connectivity index (χ3n) is 16.9. The van der Waals surface area contributed by atoms with E-state index in [0.717, 1.165) is 7.11 Å². The van der Waals surface area contributed by atoms with Gasteiger partial charge in [-0.1, -0.05) is 72.1 Å². The largest absolute Gasteiger partial charge is 0.492 e. The van der Waals surface area contributed by atoms with Gasteiger partial charge in [-0.3, -0.25) is 24.6 Å². The molecule has 2 amide bonds. The van der Waals surface area contributed by atoms with E-state index in [4.69, 9.17) is 76.9 Å². The summed E-state index contributed by atoms with van der Waals surface area (Å²) >= 11 is 2.26. The molecule has 19 atom stereocenters. The lowest BCUT2D eigenvalue weighted by Gasteiger charge is -2.47. The first-order valence-corrected chi connectivity index (χ1v) is 36.7. The number of carbonyl (C=O) groups excluding carboxylic acids is 3. The van der Waals surface area contributed by atoms with Crippen molar-refractivity contribution in [2.24, 2.45) is 5.73 Å². The standard InChI is InChI=1S/C65H96IN5O24S3/c1-13-71(31-44(74)68-22-24-87-26-25-86-23-21-67)39-32-88-45(29-43(39)81-8)93-58-53(76)50(35(5)90-63(58)92-42-18-16-14-15-17-20-65(80)30-41(73)51(69-64(79)85-12)48(42)38(65)19-27-96-98-33(2)3)70-95-46-28-40(72)60(37(7)89-46)97-61(78)47-34(4)49(66)56(59(84-11)55(47)82-9)94-62-54(77)57(83-10)52(75)36(6)91-62/h14-15,19,33,35-37,39-40,42-43,45-46,50,52-54,57-58,60,62-63,70,72,75-78,80,97H,13,21-32,67H2,1-12H3,(H,68,74)(H,69,79)/b15-14?,38-19+/t35-,36+,37-,39+,40+,42+,43+,45+,46+,50-,52+,53+,54-,57-,58-,60-,62+,63+,65+/m1/s1. The zero-order valence-electron chi connectivity index (χ0n) is 57.1. The van der Waals surface area contributed by atoms with Crippen LogP contribution in [0.15, 0.2) is 35.1 Å². The van der Waals surface area contributed by atoms with Crippen LogP contribution >= 0.6 is 55.5 Å². The number of nitrogens with one attached hydrogen (secondary N) is 3. The fourth-order valence-corrected chi connectivity index (χ4v) is 15.6. The molecule has 7 rings (SSSR count). The molecular formula is C65H96IN5O24S3. The quantitative estimate of drug-likeness (QED) is 0.00931. The summed E-state index contributed by atoms with van der Waals surface area (Å²) in [5, 5.41) is 75.6. The summed E-state index contributed by atoms with van der Waals surface area (Å²) in [6.45, 7) is 15.2. The van der Waals surface area contributed by atoms with Crippen molar-refractivity contribution in [3.63, 3.8) is 0 Å². The number of methoxy groups -OCH3 is 5. The number of halogens is 1. The molecule has 0 aromatic heterocycles. The van der Waals surface area contributed by atoms with Gasteiger partial charge < -0.3 is 108 Å². The molecule has 0 radical (unpaired) electrons. The van der Waals surface area contributed by atoms with E-state index >= 15 is 0 Å². The second-order valence-corrected chi connectivity index (χ2v) is 29.2. The number of nitrogens with two attached hydrogens (primary N) is 1. The minimum atomic E-state index is -2.10. The van der Waals surface area contributed by atoms with Gasteiger partial charge in [-0.15, -0.1) is 0 Å². The number of allylic oxidation sites excluding steroid dienone is 3. The van der Waals surface area contributed by atoms with Crippen LogP contribution in [0, 0.1) is 34.2 Å². The lowest BCUT2D eigenvalue weighted by molar-refractivity contribution is -0.337. The van der Waals surface area contributed by atoms with E-state index in [2.05, 4.69) is 39.8 Å². The number of likely N-dealkylation sites (N-methyl/N-ethyl adjacent to an activating group) is 1. The molecule has 29 nitrogen and oxygen atoms in total. The van der Waals surface area contributed by atoms with Gasteiger partial charge in [0.2, 0.25) is 17.9 Å². The summed E-state index contributed by atoms with van der Waals surface area (Å²) in [6.07, 6.45) is -14.7. The van der Waals surface area contributed by atoms with Crippen molar-refractivity contribution < 1.29 is 116 Å². The smallest absolute Gasteiger partial charge is 0.411 e. The van der Waals surface area contributed by atoms with Crippen LogP contribution in [-0.2, 0) is 66.5 Å². The summed E-state index contributed by atoms with van der Waals surface area (Å²) < 4.78 is 84.6. The summed E-state index contributed by atoms with van der Waals surface area (Å²) in [6, 6.07) is -1.59. The number of rotatable bonds is 32. The third-order valence-corrected chi connectivity index (χ3v) is 22.5. The number of aliphatic hydroxyl groups is 6. The van der Waals surface area contributed by atoms with Crippen LogP contribution < -0.4 is 36.1 Å². The highest BCUT2D eigenvalue weighted by molar-refractivity contribution is 14.1.